The van der Waals surface area contributed by atoms with Gasteiger partial charge in [-0.2, -0.15) is 0 Å². The van der Waals surface area contributed by atoms with E-state index in [1.165, 1.54) is 5.69 Å². The molecule has 0 N–H and O–H groups in total. The summed E-state index contributed by atoms with van der Waals surface area (Å²) < 4.78 is 6.86. The van der Waals surface area contributed by atoms with Crippen LogP contribution in [0.1, 0.15) is 10.6 Å². The molecule has 27 heavy (non-hydrogen) atoms. The second-order valence-corrected chi connectivity index (χ2v) is 7.78. The van der Waals surface area contributed by atoms with Gasteiger partial charge in [0.05, 0.1) is 0 Å². The van der Waals surface area contributed by atoms with Crippen molar-refractivity contribution in [1.29, 1.82) is 0 Å². The van der Waals surface area contributed by atoms with Gasteiger partial charge in [-0.3, -0.25) is 4.79 Å². The van der Waals surface area contributed by atoms with Crippen molar-refractivity contribution in [2.24, 2.45) is 0 Å². The summed E-state index contributed by atoms with van der Waals surface area (Å²) >= 11 is 9.43. The lowest BCUT2D eigenvalue weighted by atomic mass is 10.2. The zero-order valence-electron chi connectivity index (χ0n) is 14.6. The van der Waals surface area contributed by atoms with E-state index in [2.05, 4.69) is 33.0 Å². The first-order chi connectivity index (χ1) is 13.1. The number of anilines is 1. The Hall–Kier alpha value is -2.24. The zero-order chi connectivity index (χ0) is 18.8. The fourth-order valence-electron chi connectivity index (χ4n) is 3.22. The highest BCUT2D eigenvalue weighted by Crippen LogP contribution is 2.25. The van der Waals surface area contributed by atoms with Crippen LogP contribution < -0.4 is 4.90 Å². The molecule has 4 rings (SSSR count). The van der Waals surface area contributed by atoms with Crippen LogP contribution >= 0.6 is 27.5 Å². The molecule has 2 aromatic carbocycles. The van der Waals surface area contributed by atoms with Crippen LogP contribution in [0.5, 0.6) is 0 Å². The molecule has 1 aliphatic rings. The molecule has 0 bridgehead atoms. The molecule has 0 saturated carbocycles. The molecule has 1 aromatic heterocycles. The van der Waals surface area contributed by atoms with E-state index in [0.29, 0.717) is 29.6 Å². The monoisotopic (exact) mass is 444 g/mol. The van der Waals surface area contributed by atoms with Gasteiger partial charge >= 0.3 is 0 Å². The number of amides is 1. The fourth-order valence-corrected chi connectivity index (χ4v) is 3.73. The molecular formula is C21H18BrClN2O2. The third kappa shape index (κ3) is 4.04. The molecule has 3 aromatic rings. The number of rotatable bonds is 3. The van der Waals surface area contributed by atoms with Crippen molar-refractivity contribution in [3.63, 3.8) is 0 Å². The predicted molar refractivity (Wildman–Crippen MR) is 111 cm³/mol. The van der Waals surface area contributed by atoms with Crippen LogP contribution in [0.15, 0.2) is 69.6 Å². The number of halogens is 2. The third-order valence-electron chi connectivity index (χ3n) is 4.69. The van der Waals surface area contributed by atoms with Gasteiger partial charge in [-0.25, -0.2) is 0 Å². The smallest absolute Gasteiger partial charge is 0.289 e. The van der Waals surface area contributed by atoms with Gasteiger partial charge in [0, 0.05) is 46.9 Å². The second-order valence-electron chi connectivity index (χ2n) is 6.43. The van der Waals surface area contributed by atoms with E-state index < -0.39 is 0 Å². The molecule has 138 valence electrons. The van der Waals surface area contributed by atoms with Gasteiger partial charge in [-0.1, -0.05) is 33.6 Å². The van der Waals surface area contributed by atoms with Crippen LogP contribution in [0.4, 0.5) is 5.69 Å². The van der Waals surface area contributed by atoms with Gasteiger partial charge in [-0.05, 0) is 54.6 Å². The van der Waals surface area contributed by atoms with Gasteiger partial charge in [0.1, 0.15) is 5.76 Å². The minimum atomic E-state index is -0.0656. The summed E-state index contributed by atoms with van der Waals surface area (Å²) in [5.74, 6) is 0.975. The quantitative estimate of drug-likeness (QED) is 0.547. The molecule has 0 aliphatic carbocycles. The molecule has 0 atom stereocenters. The maximum Gasteiger partial charge on any atom is 0.289 e. The Labute approximate surface area is 171 Å². The van der Waals surface area contributed by atoms with E-state index in [1.54, 1.807) is 6.07 Å². The van der Waals surface area contributed by atoms with E-state index in [4.69, 9.17) is 16.0 Å². The van der Waals surface area contributed by atoms with E-state index in [-0.39, 0.29) is 5.91 Å². The fraction of sp³-hybridized carbons (Fsp3) is 0.190. The van der Waals surface area contributed by atoms with Crippen molar-refractivity contribution in [3.05, 3.63) is 75.9 Å². The summed E-state index contributed by atoms with van der Waals surface area (Å²) in [7, 11) is 0. The number of nitrogens with zero attached hydrogens (tertiary/aromatic N) is 2. The first-order valence-corrected chi connectivity index (χ1v) is 9.93. The minimum absolute atomic E-state index is 0.0656. The molecule has 1 aliphatic heterocycles. The Kier molecular flexibility index (Phi) is 5.23. The predicted octanol–water partition coefficient (Wildman–Crippen LogP) is 5.32. The van der Waals surface area contributed by atoms with Gasteiger partial charge < -0.3 is 14.2 Å². The van der Waals surface area contributed by atoms with Crippen LogP contribution in [0.25, 0.3) is 11.3 Å². The second kappa shape index (κ2) is 7.79. The highest BCUT2D eigenvalue weighted by Gasteiger charge is 2.24. The molecule has 0 radical (unpaired) electrons. The average molecular weight is 446 g/mol. The number of hydrogen-bond acceptors (Lipinski definition) is 3. The lowest BCUT2D eigenvalue weighted by Crippen LogP contribution is -2.48. The molecule has 0 spiro atoms. The largest absolute Gasteiger partial charge is 0.451 e. The van der Waals surface area contributed by atoms with Crippen molar-refractivity contribution in [1.82, 2.24) is 4.90 Å². The maximum atomic E-state index is 12.8. The van der Waals surface area contributed by atoms with Crippen molar-refractivity contribution >= 4 is 39.1 Å². The number of benzene rings is 2. The summed E-state index contributed by atoms with van der Waals surface area (Å²) in [5.41, 5.74) is 2.07. The van der Waals surface area contributed by atoms with E-state index in [1.807, 2.05) is 47.4 Å². The first kappa shape index (κ1) is 18.1. The van der Waals surface area contributed by atoms with E-state index >= 15 is 0 Å². The minimum Gasteiger partial charge on any atom is -0.451 e. The molecular weight excluding hydrogens is 428 g/mol. The first-order valence-electron chi connectivity index (χ1n) is 8.76. The number of carbonyl (C=O) groups is 1. The van der Waals surface area contributed by atoms with Gasteiger partial charge in [0.2, 0.25) is 0 Å². The van der Waals surface area contributed by atoms with E-state index in [9.17, 15) is 4.79 Å². The molecule has 0 unspecified atom stereocenters. The lowest BCUT2D eigenvalue weighted by Gasteiger charge is -2.35. The van der Waals surface area contributed by atoms with Crippen LogP contribution in [0.3, 0.4) is 0 Å². The molecule has 1 saturated heterocycles. The van der Waals surface area contributed by atoms with Crippen LogP contribution in [-0.4, -0.2) is 37.0 Å². The number of carbonyl (C=O) groups excluding carboxylic acids is 1. The number of furan rings is 1. The van der Waals surface area contributed by atoms with Crippen molar-refractivity contribution < 1.29 is 9.21 Å². The van der Waals surface area contributed by atoms with Crippen molar-refractivity contribution in [3.8, 4) is 11.3 Å². The topological polar surface area (TPSA) is 36.7 Å². The number of piperazine rings is 1. The van der Waals surface area contributed by atoms with E-state index in [0.717, 1.165) is 23.1 Å². The highest BCUT2D eigenvalue weighted by atomic mass is 79.9. The van der Waals surface area contributed by atoms with Crippen LogP contribution in [0.2, 0.25) is 5.02 Å². The summed E-state index contributed by atoms with van der Waals surface area (Å²) in [4.78, 5) is 16.9. The summed E-state index contributed by atoms with van der Waals surface area (Å²) in [5, 5.41) is 0.671. The third-order valence-corrected chi connectivity index (χ3v) is 5.43. The van der Waals surface area contributed by atoms with Crippen LogP contribution in [0, 0.1) is 0 Å². The average Bonchev–Trinajstić information content (AvgIpc) is 3.18. The molecule has 4 nitrogen and oxygen atoms in total. The maximum absolute atomic E-state index is 12.8. The lowest BCUT2D eigenvalue weighted by molar-refractivity contribution is 0.0715. The summed E-state index contributed by atoms with van der Waals surface area (Å²) in [6, 6.07) is 19.2. The van der Waals surface area contributed by atoms with Crippen molar-refractivity contribution in [2.75, 3.05) is 31.1 Å². The molecule has 6 heteroatoms. The van der Waals surface area contributed by atoms with Crippen molar-refractivity contribution in [2.45, 2.75) is 0 Å². The Bertz CT molecular complexity index is 947. The zero-order valence-corrected chi connectivity index (χ0v) is 16.9. The normalized spacial score (nSPS) is 14.4. The van der Waals surface area contributed by atoms with Gasteiger partial charge in [0.15, 0.2) is 5.76 Å². The summed E-state index contributed by atoms with van der Waals surface area (Å²) in [6.45, 7) is 2.94. The molecule has 2 heterocycles. The SMILES string of the molecule is O=C(c1ccc(-c2ccc(Cl)cc2)o1)N1CCN(c2cccc(Br)c2)CC1. The van der Waals surface area contributed by atoms with Gasteiger partial charge in [0.25, 0.3) is 5.91 Å². The Morgan fingerprint density at radius 2 is 1.70 bits per heavy atom. The highest BCUT2D eigenvalue weighted by molar-refractivity contribution is 9.10. The standard InChI is InChI=1S/C21H18BrClN2O2/c22-16-2-1-3-18(14-16)24-10-12-25(13-11-24)21(26)20-9-8-19(27-20)15-4-6-17(23)7-5-15/h1-9,14H,10-13H2. The Balaban J connectivity index is 1.42. The Morgan fingerprint density at radius 3 is 2.41 bits per heavy atom. The van der Waals surface area contributed by atoms with Gasteiger partial charge in [-0.15, -0.1) is 0 Å². The Morgan fingerprint density at radius 1 is 0.963 bits per heavy atom. The molecule has 1 amide bonds. The summed E-state index contributed by atoms with van der Waals surface area (Å²) in [6.07, 6.45) is 0. The van der Waals surface area contributed by atoms with Crippen LogP contribution in [-0.2, 0) is 0 Å². The number of hydrogen-bond donors (Lipinski definition) is 0. The molecule has 1 fully saturated rings.